The average Bonchev–Trinajstić information content (AvgIpc) is 2.61. The van der Waals surface area contributed by atoms with Crippen LogP contribution in [-0.4, -0.2) is 36.9 Å². The summed E-state index contributed by atoms with van der Waals surface area (Å²) in [5.41, 5.74) is 3.88. The Kier molecular flexibility index (Phi) is 7.36. The molecule has 2 N–H and O–H groups in total. The van der Waals surface area contributed by atoms with Gasteiger partial charge in [-0.05, 0) is 49.2 Å². The molecular weight excluding hydrogens is 326 g/mol. The molecular formula is C21H27N3O2. The number of anilines is 2. The minimum atomic E-state index is -0.137. The van der Waals surface area contributed by atoms with Crippen molar-refractivity contribution < 1.29 is 9.59 Å². The van der Waals surface area contributed by atoms with Gasteiger partial charge in [-0.3, -0.25) is 14.5 Å². The van der Waals surface area contributed by atoms with Gasteiger partial charge in [0.15, 0.2) is 0 Å². The second-order valence-electron chi connectivity index (χ2n) is 6.33. The Morgan fingerprint density at radius 1 is 0.885 bits per heavy atom. The highest BCUT2D eigenvalue weighted by Crippen LogP contribution is 2.15. The van der Waals surface area contributed by atoms with Crippen LogP contribution in [-0.2, 0) is 22.4 Å². The number of rotatable bonds is 8. The van der Waals surface area contributed by atoms with Gasteiger partial charge in [0.05, 0.1) is 13.1 Å². The molecule has 0 bridgehead atoms. The molecule has 0 unspecified atom stereocenters. The van der Waals surface area contributed by atoms with Gasteiger partial charge >= 0.3 is 0 Å². The molecule has 2 aromatic rings. The SMILES string of the molecule is CCc1cccc(NC(=O)CN(C)CC(=O)Nc2ccccc2CC)c1. The highest BCUT2D eigenvalue weighted by atomic mass is 16.2. The maximum Gasteiger partial charge on any atom is 0.238 e. The summed E-state index contributed by atoms with van der Waals surface area (Å²) in [6, 6.07) is 15.5. The fraction of sp³-hybridized carbons (Fsp3) is 0.333. The van der Waals surface area contributed by atoms with E-state index in [1.807, 2.05) is 48.5 Å². The van der Waals surface area contributed by atoms with Gasteiger partial charge in [-0.15, -0.1) is 0 Å². The van der Waals surface area contributed by atoms with Gasteiger partial charge in [0.2, 0.25) is 11.8 Å². The molecule has 2 aromatic carbocycles. The van der Waals surface area contributed by atoms with Crippen LogP contribution >= 0.6 is 0 Å². The Bertz CT molecular complexity index is 758. The van der Waals surface area contributed by atoms with Gasteiger partial charge in [0.25, 0.3) is 0 Å². The number of nitrogens with zero attached hydrogens (tertiary/aromatic N) is 1. The zero-order valence-corrected chi connectivity index (χ0v) is 15.7. The standard InChI is InChI=1S/C21H27N3O2/c1-4-16-9-8-11-18(13-16)22-20(25)14-24(3)15-21(26)23-19-12-7-6-10-17(19)5-2/h6-13H,4-5,14-15H2,1-3H3,(H,22,25)(H,23,26). The molecule has 5 nitrogen and oxygen atoms in total. The van der Waals surface area contributed by atoms with Gasteiger partial charge in [0.1, 0.15) is 0 Å². The topological polar surface area (TPSA) is 61.4 Å². The van der Waals surface area contributed by atoms with Crippen LogP contribution < -0.4 is 10.6 Å². The largest absolute Gasteiger partial charge is 0.325 e. The van der Waals surface area contributed by atoms with E-state index >= 15 is 0 Å². The molecule has 2 rings (SSSR count). The van der Waals surface area contributed by atoms with Gasteiger partial charge in [-0.25, -0.2) is 0 Å². The predicted molar refractivity (Wildman–Crippen MR) is 106 cm³/mol. The number of carbonyl (C=O) groups excluding carboxylic acids is 2. The molecule has 0 aliphatic heterocycles. The van der Waals surface area contributed by atoms with E-state index in [0.29, 0.717) is 0 Å². The third-order valence-corrected chi connectivity index (χ3v) is 4.12. The smallest absolute Gasteiger partial charge is 0.238 e. The number of hydrogen-bond donors (Lipinski definition) is 2. The molecule has 0 aliphatic rings. The van der Waals surface area contributed by atoms with Crippen molar-refractivity contribution in [3.05, 3.63) is 59.7 Å². The maximum atomic E-state index is 12.2. The lowest BCUT2D eigenvalue weighted by Crippen LogP contribution is -2.36. The van der Waals surface area contributed by atoms with E-state index in [1.54, 1.807) is 11.9 Å². The number of aryl methyl sites for hydroxylation is 2. The van der Waals surface area contributed by atoms with E-state index in [1.165, 1.54) is 5.56 Å². The van der Waals surface area contributed by atoms with E-state index in [2.05, 4.69) is 24.5 Å². The summed E-state index contributed by atoms with van der Waals surface area (Å²) in [7, 11) is 1.76. The number of hydrogen-bond acceptors (Lipinski definition) is 3. The number of benzene rings is 2. The minimum Gasteiger partial charge on any atom is -0.325 e. The first-order chi connectivity index (χ1) is 12.5. The lowest BCUT2D eigenvalue weighted by molar-refractivity contribution is -0.119. The van der Waals surface area contributed by atoms with Crippen LogP contribution in [0, 0.1) is 0 Å². The van der Waals surface area contributed by atoms with Crippen molar-refractivity contribution in [3.63, 3.8) is 0 Å². The van der Waals surface area contributed by atoms with E-state index in [0.717, 1.165) is 29.8 Å². The number of para-hydroxylation sites is 1. The van der Waals surface area contributed by atoms with Crippen molar-refractivity contribution >= 4 is 23.2 Å². The molecule has 0 fully saturated rings. The van der Waals surface area contributed by atoms with E-state index in [-0.39, 0.29) is 24.9 Å². The van der Waals surface area contributed by atoms with Crippen molar-refractivity contribution in [1.29, 1.82) is 0 Å². The highest BCUT2D eigenvalue weighted by Gasteiger charge is 2.12. The van der Waals surface area contributed by atoms with E-state index in [9.17, 15) is 9.59 Å². The Balaban J connectivity index is 1.84. The molecule has 5 heteroatoms. The number of likely N-dealkylation sites (N-methyl/N-ethyl adjacent to an activating group) is 1. The molecule has 26 heavy (non-hydrogen) atoms. The molecule has 0 radical (unpaired) electrons. The second-order valence-corrected chi connectivity index (χ2v) is 6.33. The number of amides is 2. The third kappa shape index (κ3) is 6.01. The van der Waals surface area contributed by atoms with Crippen LogP contribution in [0.15, 0.2) is 48.5 Å². The van der Waals surface area contributed by atoms with Crippen molar-refractivity contribution in [3.8, 4) is 0 Å². The van der Waals surface area contributed by atoms with Gasteiger partial charge in [-0.2, -0.15) is 0 Å². The Hall–Kier alpha value is -2.66. The first kappa shape index (κ1) is 19.7. The Morgan fingerprint density at radius 2 is 1.58 bits per heavy atom. The summed E-state index contributed by atoms with van der Waals surface area (Å²) in [6.45, 7) is 4.43. The third-order valence-electron chi connectivity index (χ3n) is 4.12. The van der Waals surface area contributed by atoms with Crippen LogP contribution in [0.1, 0.15) is 25.0 Å². The minimum absolute atomic E-state index is 0.130. The molecule has 138 valence electrons. The van der Waals surface area contributed by atoms with Crippen molar-refractivity contribution in [2.24, 2.45) is 0 Å². The summed E-state index contributed by atoms with van der Waals surface area (Å²) >= 11 is 0. The first-order valence-corrected chi connectivity index (χ1v) is 8.97. The molecule has 0 heterocycles. The number of carbonyl (C=O) groups is 2. The maximum absolute atomic E-state index is 12.2. The quantitative estimate of drug-likeness (QED) is 0.765. The molecule has 0 spiro atoms. The monoisotopic (exact) mass is 353 g/mol. The van der Waals surface area contributed by atoms with Crippen molar-refractivity contribution in [2.45, 2.75) is 26.7 Å². The lowest BCUT2D eigenvalue weighted by atomic mass is 10.1. The van der Waals surface area contributed by atoms with E-state index < -0.39 is 0 Å². The fourth-order valence-corrected chi connectivity index (χ4v) is 2.76. The summed E-state index contributed by atoms with van der Waals surface area (Å²) in [5.74, 6) is -0.267. The Labute approximate surface area is 155 Å². The average molecular weight is 353 g/mol. The molecule has 2 amide bonds. The van der Waals surface area contributed by atoms with Crippen molar-refractivity contribution in [2.75, 3.05) is 30.8 Å². The number of nitrogens with one attached hydrogen (secondary N) is 2. The van der Waals surface area contributed by atoms with Gasteiger partial charge in [0, 0.05) is 11.4 Å². The summed E-state index contributed by atoms with van der Waals surface area (Å²) in [5, 5.41) is 5.79. The lowest BCUT2D eigenvalue weighted by Gasteiger charge is -2.17. The van der Waals surface area contributed by atoms with Crippen LogP contribution in [0.4, 0.5) is 11.4 Å². The van der Waals surface area contributed by atoms with Crippen LogP contribution in [0.3, 0.4) is 0 Å². The first-order valence-electron chi connectivity index (χ1n) is 8.97. The summed E-state index contributed by atoms with van der Waals surface area (Å²) < 4.78 is 0. The molecule has 0 saturated carbocycles. The van der Waals surface area contributed by atoms with Crippen molar-refractivity contribution in [1.82, 2.24) is 4.90 Å². The van der Waals surface area contributed by atoms with Gasteiger partial charge < -0.3 is 10.6 Å². The van der Waals surface area contributed by atoms with Crippen LogP contribution in [0.2, 0.25) is 0 Å². The zero-order chi connectivity index (χ0) is 18.9. The highest BCUT2D eigenvalue weighted by molar-refractivity contribution is 5.95. The molecule has 0 atom stereocenters. The second kappa shape index (κ2) is 9.73. The van der Waals surface area contributed by atoms with Crippen LogP contribution in [0.25, 0.3) is 0 Å². The molecule has 0 aliphatic carbocycles. The van der Waals surface area contributed by atoms with Crippen LogP contribution in [0.5, 0.6) is 0 Å². The summed E-state index contributed by atoms with van der Waals surface area (Å²) in [4.78, 5) is 26.1. The fourth-order valence-electron chi connectivity index (χ4n) is 2.76. The zero-order valence-electron chi connectivity index (χ0n) is 15.7. The summed E-state index contributed by atoms with van der Waals surface area (Å²) in [6.07, 6.45) is 1.77. The molecule has 0 aromatic heterocycles. The normalized spacial score (nSPS) is 10.6. The Morgan fingerprint density at radius 3 is 2.27 bits per heavy atom. The van der Waals surface area contributed by atoms with Gasteiger partial charge in [-0.1, -0.05) is 44.2 Å². The predicted octanol–water partition coefficient (Wildman–Crippen LogP) is 3.32. The molecule has 0 saturated heterocycles. The van der Waals surface area contributed by atoms with E-state index in [4.69, 9.17) is 0 Å².